The Morgan fingerprint density at radius 2 is 2.17 bits per heavy atom. The molecule has 3 rings (SSSR count). The largest absolute Gasteiger partial charge is 0.361 e. The van der Waals surface area contributed by atoms with E-state index in [9.17, 15) is 4.79 Å². The molecule has 2 aromatic heterocycles. The smallest absolute Gasteiger partial charge is 0.220 e. The highest BCUT2D eigenvalue weighted by molar-refractivity contribution is 7.10. The number of carbonyl (C=O) groups excluding carboxylic acids is 1. The molecule has 2 heterocycles. The van der Waals surface area contributed by atoms with E-state index in [1.165, 1.54) is 30.6 Å². The number of amides is 1. The van der Waals surface area contributed by atoms with E-state index >= 15 is 0 Å². The van der Waals surface area contributed by atoms with Crippen LogP contribution in [0.1, 0.15) is 54.0 Å². The fourth-order valence-electron chi connectivity index (χ4n) is 3.60. The molecule has 2 aromatic rings. The van der Waals surface area contributed by atoms with Crippen LogP contribution in [0.2, 0.25) is 0 Å². The van der Waals surface area contributed by atoms with Crippen molar-refractivity contribution in [3.63, 3.8) is 0 Å². The number of rotatable bonds is 6. The second kappa shape index (κ2) is 6.87. The molecule has 1 aliphatic rings. The van der Waals surface area contributed by atoms with Gasteiger partial charge in [0.15, 0.2) is 0 Å². The number of aromatic nitrogens is 1. The maximum absolute atomic E-state index is 12.3. The molecule has 0 atom stereocenters. The van der Waals surface area contributed by atoms with Crippen LogP contribution < -0.4 is 5.32 Å². The summed E-state index contributed by atoms with van der Waals surface area (Å²) in [5.74, 6) is 0.939. The second-order valence-electron chi connectivity index (χ2n) is 6.54. The summed E-state index contributed by atoms with van der Waals surface area (Å²) in [6, 6.07) is 4.32. The number of nitrogens with one attached hydrogen (secondary N) is 1. The summed E-state index contributed by atoms with van der Waals surface area (Å²) in [5, 5.41) is 9.25. The van der Waals surface area contributed by atoms with Crippen molar-refractivity contribution >= 4 is 17.2 Å². The van der Waals surface area contributed by atoms with Gasteiger partial charge >= 0.3 is 0 Å². The van der Waals surface area contributed by atoms with Crippen LogP contribution in [0.4, 0.5) is 0 Å². The van der Waals surface area contributed by atoms with Gasteiger partial charge in [-0.1, -0.05) is 24.1 Å². The maximum Gasteiger partial charge on any atom is 0.220 e. The van der Waals surface area contributed by atoms with E-state index in [-0.39, 0.29) is 11.3 Å². The molecule has 0 saturated heterocycles. The molecule has 0 aromatic carbocycles. The highest BCUT2D eigenvalue weighted by Crippen LogP contribution is 2.42. The van der Waals surface area contributed by atoms with Crippen molar-refractivity contribution in [2.24, 2.45) is 0 Å². The van der Waals surface area contributed by atoms with Gasteiger partial charge in [-0.3, -0.25) is 4.79 Å². The van der Waals surface area contributed by atoms with Crippen molar-refractivity contribution in [1.82, 2.24) is 10.5 Å². The normalized spacial score (nSPS) is 16.6. The van der Waals surface area contributed by atoms with Gasteiger partial charge in [0, 0.05) is 28.8 Å². The topological polar surface area (TPSA) is 55.1 Å². The molecule has 0 aliphatic heterocycles. The molecule has 4 nitrogen and oxygen atoms in total. The third kappa shape index (κ3) is 3.50. The monoisotopic (exact) mass is 332 g/mol. The molecule has 0 unspecified atom stereocenters. The lowest BCUT2D eigenvalue weighted by Gasteiger charge is -2.28. The average Bonchev–Trinajstić information content (AvgIpc) is 3.26. The Balaban J connectivity index is 1.56. The van der Waals surface area contributed by atoms with Gasteiger partial charge in [0.1, 0.15) is 5.76 Å². The molecular formula is C18H24N2O2S. The van der Waals surface area contributed by atoms with Gasteiger partial charge in [-0.2, -0.15) is 0 Å². The molecule has 1 N–H and O–H groups in total. The second-order valence-corrected chi connectivity index (χ2v) is 7.49. The predicted molar refractivity (Wildman–Crippen MR) is 91.8 cm³/mol. The van der Waals surface area contributed by atoms with Gasteiger partial charge in [0.25, 0.3) is 0 Å². The first-order chi connectivity index (χ1) is 11.1. The van der Waals surface area contributed by atoms with Crippen LogP contribution in [0, 0.1) is 13.8 Å². The zero-order valence-corrected chi connectivity index (χ0v) is 14.7. The van der Waals surface area contributed by atoms with Gasteiger partial charge in [-0.25, -0.2) is 0 Å². The molecular weight excluding hydrogens is 308 g/mol. The Kier molecular flexibility index (Phi) is 4.85. The molecule has 1 amide bonds. The summed E-state index contributed by atoms with van der Waals surface area (Å²) in [7, 11) is 0. The van der Waals surface area contributed by atoms with E-state index in [2.05, 4.69) is 28.0 Å². The van der Waals surface area contributed by atoms with Crippen LogP contribution >= 0.6 is 11.3 Å². The Morgan fingerprint density at radius 1 is 1.39 bits per heavy atom. The van der Waals surface area contributed by atoms with E-state index in [0.29, 0.717) is 12.8 Å². The third-order valence-electron chi connectivity index (χ3n) is 5.01. The summed E-state index contributed by atoms with van der Waals surface area (Å²) >= 11 is 1.81. The SMILES string of the molecule is Cc1noc(C)c1CCC(=O)NCC1(c2cccs2)CCCC1. The van der Waals surface area contributed by atoms with Crippen molar-refractivity contribution in [1.29, 1.82) is 0 Å². The highest BCUT2D eigenvalue weighted by Gasteiger charge is 2.36. The zero-order chi connectivity index (χ0) is 16.3. The number of thiophene rings is 1. The molecule has 23 heavy (non-hydrogen) atoms. The van der Waals surface area contributed by atoms with Crippen LogP contribution in [0.5, 0.6) is 0 Å². The Morgan fingerprint density at radius 3 is 2.78 bits per heavy atom. The Hall–Kier alpha value is -1.62. The Labute approximate surface area is 141 Å². The molecule has 0 spiro atoms. The number of hydrogen-bond donors (Lipinski definition) is 1. The first kappa shape index (κ1) is 16.2. The minimum absolute atomic E-state index is 0.118. The maximum atomic E-state index is 12.3. The number of carbonyl (C=O) groups is 1. The predicted octanol–water partition coefficient (Wildman–Crippen LogP) is 3.91. The molecule has 5 heteroatoms. The van der Waals surface area contributed by atoms with Crippen LogP contribution in [0.3, 0.4) is 0 Å². The number of aryl methyl sites for hydroxylation is 2. The van der Waals surface area contributed by atoms with Crippen LogP contribution in [0.25, 0.3) is 0 Å². The van der Waals surface area contributed by atoms with Gasteiger partial charge < -0.3 is 9.84 Å². The van der Waals surface area contributed by atoms with Crippen molar-refractivity contribution in [2.45, 2.75) is 57.8 Å². The van der Waals surface area contributed by atoms with E-state index in [0.717, 1.165) is 23.6 Å². The van der Waals surface area contributed by atoms with Crippen molar-refractivity contribution < 1.29 is 9.32 Å². The van der Waals surface area contributed by atoms with E-state index in [1.54, 1.807) is 0 Å². The lowest BCUT2D eigenvalue weighted by Crippen LogP contribution is -2.38. The van der Waals surface area contributed by atoms with Gasteiger partial charge in [0.2, 0.25) is 5.91 Å². The summed E-state index contributed by atoms with van der Waals surface area (Å²) in [6.45, 7) is 4.58. The van der Waals surface area contributed by atoms with Crippen LogP contribution in [-0.2, 0) is 16.6 Å². The minimum atomic E-state index is 0.118. The third-order valence-corrected chi connectivity index (χ3v) is 6.13. The Bertz CT molecular complexity index is 635. The number of hydrogen-bond acceptors (Lipinski definition) is 4. The van der Waals surface area contributed by atoms with Crippen LogP contribution in [-0.4, -0.2) is 17.6 Å². The summed E-state index contributed by atoms with van der Waals surface area (Å²) in [4.78, 5) is 13.7. The highest BCUT2D eigenvalue weighted by atomic mass is 32.1. The van der Waals surface area contributed by atoms with Gasteiger partial charge in [-0.05, 0) is 44.6 Å². The molecule has 1 aliphatic carbocycles. The van der Waals surface area contributed by atoms with Gasteiger partial charge in [-0.15, -0.1) is 11.3 Å². The summed E-state index contributed by atoms with van der Waals surface area (Å²) in [5.41, 5.74) is 2.11. The van der Waals surface area contributed by atoms with Crippen molar-refractivity contribution in [2.75, 3.05) is 6.54 Å². The first-order valence-corrected chi connectivity index (χ1v) is 9.21. The summed E-state index contributed by atoms with van der Waals surface area (Å²) < 4.78 is 5.15. The molecule has 1 saturated carbocycles. The average molecular weight is 332 g/mol. The minimum Gasteiger partial charge on any atom is -0.361 e. The molecule has 0 radical (unpaired) electrons. The van der Waals surface area contributed by atoms with Crippen molar-refractivity contribution in [3.8, 4) is 0 Å². The quantitative estimate of drug-likeness (QED) is 0.872. The molecule has 1 fully saturated rings. The van der Waals surface area contributed by atoms with E-state index < -0.39 is 0 Å². The number of nitrogens with zero attached hydrogens (tertiary/aromatic N) is 1. The first-order valence-electron chi connectivity index (χ1n) is 8.33. The lowest BCUT2D eigenvalue weighted by molar-refractivity contribution is -0.121. The standard InChI is InChI=1S/C18H24N2O2S/c1-13-15(14(2)22-20-13)7-8-17(21)19-12-18(9-3-4-10-18)16-6-5-11-23-16/h5-6,11H,3-4,7-10,12H2,1-2H3,(H,19,21). The van der Waals surface area contributed by atoms with Gasteiger partial charge in [0.05, 0.1) is 5.69 Å². The van der Waals surface area contributed by atoms with E-state index in [4.69, 9.17) is 4.52 Å². The zero-order valence-electron chi connectivity index (χ0n) is 13.9. The summed E-state index contributed by atoms with van der Waals surface area (Å²) in [6.07, 6.45) is 6.05. The molecule has 0 bridgehead atoms. The lowest BCUT2D eigenvalue weighted by atomic mass is 9.84. The fraction of sp³-hybridized carbons (Fsp3) is 0.556. The van der Waals surface area contributed by atoms with Crippen molar-refractivity contribution in [3.05, 3.63) is 39.4 Å². The molecule has 124 valence electrons. The fourth-order valence-corrected chi connectivity index (χ4v) is 4.58. The van der Waals surface area contributed by atoms with E-state index in [1.807, 2.05) is 25.2 Å². The van der Waals surface area contributed by atoms with Crippen LogP contribution in [0.15, 0.2) is 22.0 Å².